The van der Waals surface area contributed by atoms with Crippen LogP contribution in [0.3, 0.4) is 0 Å². The third-order valence-corrected chi connectivity index (χ3v) is 5.83. The van der Waals surface area contributed by atoms with Crippen molar-refractivity contribution in [3.8, 4) is 0 Å². The van der Waals surface area contributed by atoms with Crippen molar-refractivity contribution < 1.29 is 14.4 Å². The van der Waals surface area contributed by atoms with Gasteiger partial charge in [0.1, 0.15) is 5.92 Å². The number of hydrogen-bond acceptors (Lipinski definition) is 3. The SMILES string of the molecule is O=C(c1ccccc1)C1CCCCCCCCCCN(C(=O)c2ccccc2)C1=O. The molecule has 1 saturated heterocycles. The van der Waals surface area contributed by atoms with Crippen molar-refractivity contribution in [3.05, 3.63) is 71.8 Å². The minimum absolute atomic E-state index is 0.179. The molecule has 1 fully saturated rings. The maximum atomic E-state index is 13.6. The first-order valence-corrected chi connectivity index (χ1v) is 11.2. The number of nitrogens with zero attached hydrogens (tertiary/aromatic N) is 1. The average molecular weight is 406 g/mol. The molecule has 1 heterocycles. The van der Waals surface area contributed by atoms with E-state index < -0.39 is 5.92 Å². The molecule has 0 radical (unpaired) electrons. The molecule has 0 bridgehead atoms. The van der Waals surface area contributed by atoms with Crippen LogP contribution in [0.25, 0.3) is 0 Å². The Labute approximate surface area is 179 Å². The Morgan fingerprint density at radius 1 is 0.667 bits per heavy atom. The lowest BCUT2D eigenvalue weighted by Crippen LogP contribution is -2.44. The first kappa shape index (κ1) is 21.9. The predicted molar refractivity (Wildman–Crippen MR) is 118 cm³/mol. The average Bonchev–Trinajstić information content (AvgIpc) is 2.81. The number of imide groups is 1. The minimum Gasteiger partial charge on any atom is -0.293 e. The third kappa shape index (κ3) is 5.88. The van der Waals surface area contributed by atoms with Crippen molar-refractivity contribution in [3.63, 3.8) is 0 Å². The monoisotopic (exact) mass is 405 g/mol. The van der Waals surface area contributed by atoms with Crippen LogP contribution in [-0.4, -0.2) is 29.0 Å². The van der Waals surface area contributed by atoms with Gasteiger partial charge in [0, 0.05) is 17.7 Å². The van der Waals surface area contributed by atoms with Crippen LogP contribution >= 0.6 is 0 Å². The second-order valence-corrected chi connectivity index (χ2v) is 8.06. The Morgan fingerprint density at radius 2 is 1.17 bits per heavy atom. The molecule has 3 rings (SSSR count). The van der Waals surface area contributed by atoms with Crippen LogP contribution in [-0.2, 0) is 4.79 Å². The Bertz CT molecular complexity index is 762. The normalized spacial score (nSPS) is 19.3. The summed E-state index contributed by atoms with van der Waals surface area (Å²) < 4.78 is 0. The Hall–Kier alpha value is -2.75. The number of carbonyl (C=O) groups is 3. The predicted octanol–water partition coefficient (Wildman–Crippen LogP) is 5.68. The van der Waals surface area contributed by atoms with Gasteiger partial charge in [0.15, 0.2) is 5.78 Å². The second-order valence-electron chi connectivity index (χ2n) is 8.06. The summed E-state index contributed by atoms with van der Waals surface area (Å²) in [7, 11) is 0. The summed E-state index contributed by atoms with van der Waals surface area (Å²) >= 11 is 0. The van der Waals surface area contributed by atoms with Gasteiger partial charge in [-0.25, -0.2) is 0 Å². The lowest BCUT2D eigenvalue weighted by Gasteiger charge is -2.25. The maximum Gasteiger partial charge on any atom is 0.260 e. The summed E-state index contributed by atoms with van der Waals surface area (Å²) in [6, 6.07) is 17.9. The summed E-state index contributed by atoms with van der Waals surface area (Å²) in [5, 5.41) is 0. The number of carbonyl (C=O) groups excluding carboxylic acids is 3. The van der Waals surface area contributed by atoms with Gasteiger partial charge in [0.25, 0.3) is 5.91 Å². The molecule has 0 saturated carbocycles. The molecular weight excluding hydrogens is 374 g/mol. The van der Waals surface area contributed by atoms with E-state index in [9.17, 15) is 14.4 Å². The molecule has 158 valence electrons. The van der Waals surface area contributed by atoms with Gasteiger partial charge in [-0.3, -0.25) is 19.3 Å². The van der Waals surface area contributed by atoms with Crippen molar-refractivity contribution in [2.75, 3.05) is 6.54 Å². The molecule has 0 N–H and O–H groups in total. The Kier molecular flexibility index (Phi) is 8.37. The molecule has 2 amide bonds. The zero-order valence-electron chi connectivity index (χ0n) is 17.6. The molecule has 4 nitrogen and oxygen atoms in total. The summed E-state index contributed by atoms with van der Waals surface area (Å²) in [5.74, 6) is -1.64. The van der Waals surface area contributed by atoms with Gasteiger partial charge >= 0.3 is 0 Å². The zero-order valence-corrected chi connectivity index (χ0v) is 17.6. The number of amides is 2. The molecule has 1 unspecified atom stereocenters. The van der Waals surface area contributed by atoms with Crippen LogP contribution in [0.1, 0.15) is 78.5 Å². The van der Waals surface area contributed by atoms with Crippen molar-refractivity contribution in [1.29, 1.82) is 0 Å². The Balaban J connectivity index is 1.89. The van der Waals surface area contributed by atoms with E-state index >= 15 is 0 Å². The van der Waals surface area contributed by atoms with Gasteiger partial charge in [-0.15, -0.1) is 0 Å². The van der Waals surface area contributed by atoms with Crippen LogP contribution in [0, 0.1) is 5.92 Å². The molecule has 1 atom stereocenters. The van der Waals surface area contributed by atoms with Crippen LogP contribution in [0.2, 0.25) is 0 Å². The topological polar surface area (TPSA) is 54.5 Å². The zero-order chi connectivity index (χ0) is 21.2. The molecule has 30 heavy (non-hydrogen) atoms. The summed E-state index contributed by atoms with van der Waals surface area (Å²) in [6.07, 6.45) is 8.72. The van der Waals surface area contributed by atoms with Crippen molar-refractivity contribution in [1.82, 2.24) is 4.90 Å². The molecule has 0 spiro atoms. The highest BCUT2D eigenvalue weighted by molar-refractivity contribution is 6.15. The van der Waals surface area contributed by atoms with E-state index in [1.54, 1.807) is 36.4 Å². The summed E-state index contributed by atoms with van der Waals surface area (Å²) in [6.45, 7) is 0.366. The summed E-state index contributed by atoms with van der Waals surface area (Å²) in [5.41, 5.74) is 1.02. The molecule has 0 aliphatic carbocycles. The number of benzene rings is 2. The number of rotatable bonds is 3. The van der Waals surface area contributed by atoms with E-state index in [0.29, 0.717) is 24.1 Å². The number of Topliss-reactive ketones (excluding diaryl/α,β-unsaturated/α-hetero) is 1. The molecule has 2 aromatic rings. The maximum absolute atomic E-state index is 13.6. The number of hydrogen-bond donors (Lipinski definition) is 0. The van der Waals surface area contributed by atoms with Gasteiger partial charge in [-0.2, -0.15) is 0 Å². The van der Waals surface area contributed by atoms with Gasteiger partial charge in [-0.05, 0) is 25.0 Å². The molecular formula is C26H31NO3. The largest absolute Gasteiger partial charge is 0.293 e. The van der Waals surface area contributed by atoms with E-state index in [0.717, 1.165) is 38.5 Å². The molecule has 1 aliphatic heterocycles. The van der Waals surface area contributed by atoms with Crippen molar-refractivity contribution in [2.24, 2.45) is 5.92 Å². The van der Waals surface area contributed by atoms with E-state index in [1.165, 1.54) is 17.7 Å². The highest BCUT2D eigenvalue weighted by Gasteiger charge is 2.34. The Morgan fingerprint density at radius 3 is 1.77 bits per heavy atom. The lowest BCUT2D eigenvalue weighted by atomic mass is 9.90. The van der Waals surface area contributed by atoms with E-state index in [4.69, 9.17) is 0 Å². The summed E-state index contributed by atoms with van der Waals surface area (Å²) in [4.78, 5) is 41.3. The smallest absolute Gasteiger partial charge is 0.260 e. The van der Waals surface area contributed by atoms with Gasteiger partial charge in [0.2, 0.25) is 5.91 Å². The standard InChI is InChI=1S/C26H31NO3/c28-24(21-15-9-7-10-16-21)23-19-13-5-3-1-2-4-6-14-20-27(26(23)30)25(29)22-17-11-8-12-18-22/h7-12,15-18,23H,1-6,13-14,19-20H2. The van der Waals surface area contributed by atoms with Crippen LogP contribution in [0.4, 0.5) is 0 Å². The van der Waals surface area contributed by atoms with Crippen LogP contribution in [0.15, 0.2) is 60.7 Å². The third-order valence-electron chi connectivity index (χ3n) is 5.83. The highest BCUT2D eigenvalue weighted by Crippen LogP contribution is 2.22. The van der Waals surface area contributed by atoms with E-state index in [2.05, 4.69) is 0 Å². The molecule has 4 heteroatoms. The van der Waals surface area contributed by atoms with Crippen LogP contribution < -0.4 is 0 Å². The second kappa shape index (κ2) is 11.4. The minimum atomic E-state index is -0.805. The van der Waals surface area contributed by atoms with E-state index in [1.807, 2.05) is 24.3 Å². The van der Waals surface area contributed by atoms with Crippen molar-refractivity contribution >= 4 is 17.6 Å². The molecule has 1 aliphatic rings. The van der Waals surface area contributed by atoms with Gasteiger partial charge < -0.3 is 0 Å². The highest BCUT2D eigenvalue weighted by atomic mass is 16.2. The lowest BCUT2D eigenvalue weighted by molar-refractivity contribution is -0.131. The molecule has 2 aromatic carbocycles. The quantitative estimate of drug-likeness (QED) is 0.375. The molecule has 0 aromatic heterocycles. The fourth-order valence-corrected chi connectivity index (χ4v) is 4.09. The van der Waals surface area contributed by atoms with E-state index in [-0.39, 0.29) is 17.6 Å². The fraction of sp³-hybridized carbons (Fsp3) is 0.423. The first-order chi connectivity index (χ1) is 14.7. The van der Waals surface area contributed by atoms with Gasteiger partial charge in [-0.1, -0.05) is 93.5 Å². The number of ketones is 1. The fourth-order valence-electron chi connectivity index (χ4n) is 4.09. The van der Waals surface area contributed by atoms with Gasteiger partial charge in [0.05, 0.1) is 0 Å². The van der Waals surface area contributed by atoms with Crippen LogP contribution in [0.5, 0.6) is 0 Å². The first-order valence-electron chi connectivity index (χ1n) is 11.2. The van der Waals surface area contributed by atoms with Crippen molar-refractivity contribution in [2.45, 2.75) is 57.8 Å².